The average Bonchev–Trinajstić information content (AvgIpc) is 3.73. The van der Waals surface area contributed by atoms with Crippen LogP contribution in [0.2, 0.25) is 0 Å². The largest absolute Gasteiger partial charge is 0.383 e. The molecule has 1 amide bonds. The van der Waals surface area contributed by atoms with E-state index in [0.717, 1.165) is 66.9 Å². The zero-order valence-corrected chi connectivity index (χ0v) is 25.6. The molecule has 1 fully saturated rings. The molecule has 2 aliphatic rings. The van der Waals surface area contributed by atoms with Crippen molar-refractivity contribution >= 4 is 39.7 Å². The average molecular weight is 615 g/mol. The molecule has 3 N–H and O–H groups in total. The molecule has 46 heavy (non-hydrogen) atoms. The lowest BCUT2D eigenvalue weighted by Gasteiger charge is -2.34. The number of nitrogens with two attached hydrogens (primary N) is 1. The van der Waals surface area contributed by atoms with Crippen LogP contribution in [0.4, 0.5) is 11.8 Å². The van der Waals surface area contributed by atoms with Gasteiger partial charge in [-0.05, 0) is 41.8 Å². The lowest BCUT2D eigenvalue weighted by molar-refractivity contribution is 0.0734. The number of aromatic amines is 1. The van der Waals surface area contributed by atoms with Crippen LogP contribution < -0.4 is 10.6 Å². The highest BCUT2D eigenvalue weighted by atomic mass is 16.2. The quantitative estimate of drug-likeness (QED) is 0.286. The fraction of sp³-hybridized carbons (Fsp3) is 0.303. The number of benzene rings is 1. The van der Waals surface area contributed by atoms with Gasteiger partial charge in [-0.2, -0.15) is 5.10 Å². The first-order valence-electron chi connectivity index (χ1n) is 15.6. The van der Waals surface area contributed by atoms with Crippen LogP contribution in [-0.2, 0) is 19.5 Å². The fourth-order valence-corrected chi connectivity index (χ4v) is 6.50. The van der Waals surface area contributed by atoms with Crippen LogP contribution in [0.3, 0.4) is 0 Å². The van der Waals surface area contributed by atoms with Gasteiger partial charge in [0.05, 0.1) is 17.5 Å². The summed E-state index contributed by atoms with van der Waals surface area (Å²) >= 11 is 0. The van der Waals surface area contributed by atoms with Crippen LogP contribution in [0.15, 0.2) is 61.4 Å². The Morgan fingerprint density at radius 3 is 2.61 bits per heavy atom. The summed E-state index contributed by atoms with van der Waals surface area (Å²) in [6.45, 7) is 8.72. The number of carbonyl (C=O) groups excluding carboxylic acids is 1. The lowest BCUT2D eigenvalue weighted by Crippen LogP contribution is -2.46. The monoisotopic (exact) mass is 614 g/mol. The van der Waals surface area contributed by atoms with E-state index in [9.17, 15) is 4.79 Å². The van der Waals surface area contributed by atoms with Crippen LogP contribution in [-0.4, -0.2) is 94.7 Å². The van der Waals surface area contributed by atoms with E-state index in [4.69, 9.17) is 10.8 Å². The summed E-state index contributed by atoms with van der Waals surface area (Å²) in [5.41, 5.74) is 13.4. The molecule has 0 atom stereocenters. The second-order valence-electron chi connectivity index (χ2n) is 11.9. The van der Waals surface area contributed by atoms with Crippen LogP contribution in [0, 0.1) is 0 Å². The minimum absolute atomic E-state index is 0.0443. The predicted octanol–water partition coefficient (Wildman–Crippen LogP) is 3.13. The zero-order chi connectivity index (χ0) is 31.2. The molecular weight excluding hydrogens is 580 g/mol. The van der Waals surface area contributed by atoms with Crippen LogP contribution in [0.1, 0.15) is 34.0 Å². The van der Waals surface area contributed by atoms with Gasteiger partial charge in [0.25, 0.3) is 5.91 Å². The molecule has 0 aliphatic carbocycles. The van der Waals surface area contributed by atoms with Crippen molar-refractivity contribution in [3.63, 3.8) is 0 Å². The maximum atomic E-state index is 13.4. The summed E-state index contributed by atoms with van der Waals surface area (Å²) in [7, 11) is 0. The van der Waals surface area contributed by atoms with Gasteiger partial charge >= 0.3 is 0 Å². The molecule has 0 spiro atoms. The van der Waals surface area contributed by atoms with Gasteiger partial charge < -0.3 is 25.4 Å². The van der Waals surface area contributed by atoms with E-state index in [-0.39, 0.29) is 5.91 Å². The zero-order valence-electron chi connectivity index (χ0n) is 25.6. The molecule has 0 unspecified atom stereocenters. The number of rotatable bonds is 6. The van der Waals surface area contributed by atoms with Gasteiger partial charge in [-0.3, -0.25) is 4.79 Å². The lowest BCUT2D eigenvalue weighted by atomic mass is 9.97. The molecule has 6 aromatic rings. The molecule has 7 heterocycles. The van der Waals surface area contributed by atoms with E-state index < -0.39 is 0 Å². The SMILES string of the molecule is CCN1CCN(c2ncc(C(=O)N3CCc4cc(Cn5nc(-c6cnc7[nH]ccc7c6)c6c(N)ncnc65)ccc4C3)cn2)CC1. The Balaban J connectivity index is 0.988. The summed E-state index contributed by atoms with van der Waals surface area (Å²) < 4.78 is 1.87. The van der Waals surface area contributed by atoms with E-state index in [0.29, 0.717) is 53.7 Å². The Morgan fingerprint density at radius 1 is 0.935 bits per heavy atom. The highest BCUT2D eigenvalue weighted by Gasteiger charge is 2.24. The van der Waals surface area contributed by atoms with Gasteiger partial charge in [-0.1, -0.05) is 25.1 Å². The molecule has 2 aliphatic heterocycles. The maximum absolute atomic E-state index is 13.4. The van der Waals surface area contributed by atoms with Gasteiger partial charge in [-0.15, -0.1) is 0 Å². The number of fused-ring (bicyclic) bond motifs is 3. The number of nitrogen functional groups attached to an aromatic ring is 1. The van der Waals surface area contributed by atoms with Crippen LogP contribution in [0.5, 0.6) is 0 Å². The number of H-pyrrole nitrogens is 1. The third kappa shape index (κ3) is 5.08. The van der Waals surface area contributed by atoms with Crippen molar-refractivity contribution in [1.29, 1.82) is 0 Å². The van der Waals surface area contributed by atoms with E-state index in [1.807, 2.05) is 27.9 Å². The van der Waals surface area contributed by atoms with Crippen LogP contribution >= 0.6 is 0 Å². The number of hydrogen-bond acceptors (Lipinski definition) is 10. The first-order valence-corrected chi connectivity index (χ1v) is 15.6. The minimum Gasteiger partial charge on any atom is -0.383 e. The second-order valence-corrected chi connectivity index (χ2v) is 11.9. The van der Waals surface area contributed by atoms with Gasteiger partial charge in [-0.25, -0.2) is 29.6 Å². The molecule has 0 radical (unpaired) electrons. The second kappa shape index (κ2) is 11.5. The van der Waals surface area contributed by atoms with Gasteiger partial charge in [0.2, 0.25) is 5.95 Å². The van der Waals surface area contributed by atoms with Crippen molar-refractivity contribution in [2.24, 2.45) is 0 Å². The van der Waals surface area contributed by atoms with Crippen molar-refractivity contribution in [2.45, 2.75) is 26.4 Å². The molecule has 1 aromatic carbocycles. The van der Waals surface area contributed by atoms with E-state index in [1.54, 1.807) is 18.6 Å². The van der Waals surface area contributed by atoms with Gasteiger partial charge in [0.15, 0.2) is 5.65 Å². The molecule has 1 saturated heterocycles. The number of anilines is 2. The Bertz CT molecular complexity index is 2060. The van der Waals surface area contributed by atoms with Gasteiger partial charge in [0.1, 0.15) is 23.5 Å². The van der Waals surface area contributed by atoms with Crippen molar-refractivity contribution in [3.8, 4) is 11.3 Å². The van der Waals surface area contributed by atoms with Gasteiger partial charge in [0, 0.05) is 75.0 Å². The van der Waals surface area contributed by atoms with E-state index >= 15 is 0 Å². The molecular formula is C33H34N12O. The Labute approximate surface area is 265 Å². The third-order valence-electron chi connectivity index (χ3n) is 9.12. The predicted molar refractivity (Wildman–Crippen MR) is 175 cm³/mol. The summed E-state index contributed by atoms with van der Waals surface area (Å²) in [5.74, 6) is 1.02. The number of piperazine rings is 1. The number of nitrogens with one attached hydrogen (secondary N) is 1. The first-order chi connectivity index (χ1) is 22.5. The number of amides is 1. The highest BCUT2D eigenvalue weighted by molar-refractivity contribution is 5.99. The van der Waals surface area contributed by atoms with Crippen molar-refractivity contribution in [2.75, 3.05) is 49.9 Å². The summed E-state index contributed by atoms with van der Waals surface area (Å²) in [6, 6.07) is 10.4. The van der Waals surface area contributed by atoms with E-state index in [2.05, 4.69) is 64.8 Å². The summed E-state index contributed by atoms with van der Waals surface area (Å²) in [5, 5.41) is 6.64. The number of nitrogens with zero attached hydrogens (tertiary/aromatic N) is 10. The van der Waals surface area contributed by atoms with Crippen molar-refractivity contribution < 1.29 is 4.79 Å². The molecule has 0 saturated carbocycles. The summed E-state index contributed by atoms with van der Waals surface area (Å²) in [6.07, 6.45) is 9.22. The topological polar surface area (TPSA) is 151 Å². The fourth-order valence-electron chi connectivity index (χ4n) is 6.50. The normalized spacial score (nSPS) is 15.5. The number of carbonyl (C=O) groups is 1. The highest BCUT2D eigenvalue weighted by Crippen LogP contribution is 2.32. The smallest absolute Gasteiger partial charge is 0.257 e. The van der Waals surface area contributed by atoms with Crippen molar-refractivity contribution in [1.82, 2.24) is 49.5 Å². The number of aromatic nitrogens is 8. The van der Waals surface area contributed by atoms with Crippen molar-refractivity contribution in [3.05, 3.63) is 83.7 Å². The molecule has 13 nitrogen and oxygen atoms in total. The Hall–Kier alpha value is -5.43. The third-order valence-corrected chi connectivity index (χ3v) is 9.12. The maximum Gasteiger partial charge on any atom is 0.257 e. The Morgan fingerprint density at radius 2 is 1.78 bits per heavy atom. The summed E-state index contributed by atoms with van der Waals surface area (Å²) in [4.78, 5) is 45.4. The van der Waals surface area contributed by atoms with Crippen LogP contribution in [0.25, 0.3) is 33.3 Å². The van der Waals surface area contributed by atoms with E-state index in [1.165, 1.54) is 11.9 Å². The number of hydrogen-bond donors (Lipinski definition) is 2. The first kappa shape index (κ1) is 28.1. The molecule has 0 bridgehead atoms. The standard InChI is InChI=1S/C33H34N12O/c1-2-42-9-11-43(12-10-42)33-37-16-26(17-38-33)32(46)44-8-6-22-13-21(3-4-24(22)19-44)18-45-31-27(29(34)39-20-40-31)28(41-45)25-14-23-5-7-35-30(23)36-15-25/h3-5,7,13-17,20H,2,6,8-12,18-19H2,1H3,(H,35,36)(H2,34,39,40). The molecule has 232 valence electrons. The minimum atomic E-state index is -0.0443. The molecule has 13 heteroatoms. The number of likely N-dealkylation sites (N-methyl/N-ethyl adjacent to an activating group) is 1. The molecule has 8 rings (SSSR count). The number of pyridine rings is 1. The Kier molecular flexibility index (Phi) is 7.01. The molecule has 5 aromatic heterocycles.